The molecular weight excluding hydrogens is 368 g/mol. The third-order valence-corrected chi connectivity index (χ3v) is 4.40. The molecule has 0 amide bonds. The molecule has 0 aromatic carbocycles. The Morgan fingerprint density at radius 1 is 1.30 bits per heavy atom. The maximum atomic E-state index is 12.5. The van der Waals surface area contributed by atoms with Gasteiger partial charge in [-0.2, -0.15) is 5.10 Å². The number of esters is 1. The fourth-order valence-corrected chi connectivity index (χ4v) is 3.12. The first-order valence-corrected chi connectivity index (χ1v) is 9.03. The number of aryl methyl sites for hydroxylation is 2. The minimum atomic E-state index is -0.585. The molecule has 0 aliphatic rings. The molecule has 0 spiro atoms. The molecule has 0 unspecified atom stereocenters. The van der Waals surface area contributed by atoms with Crippen molar-refractivity contribution in [1.82, 2.24) is 19.2 Å². The lowest BCUT2D eigenvalue weighted by Gasteiger charge is -2.07. The van der Waals surface area contributed by atoms with Crippen LogP contribution >= 0.6 is 11.6 Å². The zero-order valence-corrected chi connectivity index (χ0v) is 16.4. The lowest BCUT2D eigenvalue weighted by molar-refractivity contribution is 0.0467. The Morgan fingerprint density at radius 2 is 2.04 bits per heavy atom. The van der Waals surface area contributed by atoms with Crippen LogP contribution in [0.25, 0.3) is 5.65 Å². The fraction of sp³-hybridized carbons (Fsp3) is 0.368. The van der Waals surface area contributed by atoms with Gasteiger partial charge in [-0.05, 0) is 31.4 Å². The molecule has 0 saturated carbocycles. The zero-order valence-electron chi connectivity index (χ0n) is 15.7. The van der Waals surface area contributed by atoms with Crippen LogP contribution in [0.5, 0.6) is 0 Å². The molecule has 0 fully saturated rings. The van der Waals surface area contributed by atoms with Gasteiger partial charge in [0.1, 0.15) is 23.0 Å². The van der Waals surface area contributed by atoms with Crippen LogP contribution in [-0.4, -0.2) is 25.1 Å². The molecule has 7 nitrogen and oxygen atoms in total. The van der Waals surface area contributed by atoms with Gasteiger partial charge in [0, 0.05) is 18.8 Å². The predicted octanol–water partition coefficient (Wildman–Crippen LogP) is 3.17. The number of fused-ring (bicyclic) bond motifs is 1. The summed E-state index contributed by atoms with van der Waals surface area (Å²) in [6, 6.07) is 4.97. The van der Waals surface area contributed by atoms with Gasteiger partial charge in [-0.25, -0.2) is 9.78 Å². The van der Waals surface area contributed by atoms with Crippen LogP contribution in [0, 0.1) is 19.8 Å². The average molecular weight is 389 g/mol. The number of carbonyl (C=O) groups excluding carboxylic acids is 1. The Kier molecular flexibility index (Phi) is 5.32. The number of hydrogen-bond donors (Lipinski definition) is 0. The van der Waals surface area contributed by atoms with E-state index in [1.807, 2.05) is 26.8 Å². The van der Waals surface area contributed by atoms with Crippen molar-refractivity contribution in [3.63, 3.8) is 0 Å². The summed E-state index contributed by atoms with van der Waals surface area (Å²) in [4.78, 5) is 29.1. The number of nitrogens with zero attached hydrogens (tertiary/aromatic N) is 4. The zero-order chi connectivity index (χ0) is 19.7. The normalized spacial score (nSPS) is 11.3. The molecule has 0 N–H and O–H groups in total. The number of aromatic nitrogens is 4. The average Bonchev–Trinajstić information content (AvgIpc) is 2.86. The lowest BCUT2D eigenvalue weighted by atomic mass is 10.2. The minimum Gasteiger partial charge on any atom is -0.455 e. The van der Waals surface area contributed by atoms with Crippen molar-refractivity contribution in [3.8, 4) is 0 Å². The molecular formula is C19H21ClN4O3. The van der Waals surface area contributed by atoms with E-state index in [4.69, 9.17) is 16.3 Å². The molecule has 142 valence electrons. The van der Waals surface area contributed by atoms with Gasteiger partial charge < -0.3 is 4.74 Å². The van der Waals surface area contributed by atoms with Crippen molar-refractivity contribution < 1.29 is 9.53 Å². The summed E-state index contributed by atoms with van der Waals surface area (Å²) in [5, 5.41) is 4.56. The van der Waals surface area contributed by atoms with Crippen molar-refractivity contribution in [3.05, 3.63) is 62.4 Å². The quantitative estimate of drug-likeness (QED) is 0.627. The second-order valence-corrected chi connectivity index (χ2v) is 7.28. The summed E-state index contributed by atoms with van der Waals surface area (Å²) >= 11 is 6.30. The van der Waals surface area contributed by atoms with Crippen LogP contribution in [0.15, 0.2) is 29.2 Å². The second-order valence-electron chi connectivity index (χ2n) is 6.92. The lowest BCUT2D eigenvalue weighted by Crippen LogP contribution is -2.17. The van der Waals surface area contributed by atoms with E-state index >= 15 is 0 Å². The van der Waals surface area contributed by atoms with Crippen LogP contribution in [0.4, 0.5) is 0 Å². The van der Waals surface area contributed by atoms with Gasteiger partial charge in [0.05, 0.1) is 11.4 Å². The first-order chi connectivity index (χ1) is 12.8. The van der Waals surface area contributed by atoms with Crippen LogP contribution in [-0.2, 0) is 17.9 Å². The first kappa shape index (κ1) is 19.1. The predicted molar refractivity (Wildman–Crippen MR) is 102 cm³/mol. The van der Waals surface area contributed by atoms with E-state index in [-0.39, 0.29) is 22.9 Å². The molecule has 8 heteroatoms. The van der Waals surface area contributed by atoms with Crippen LogP contribution in [0.3, 0.4) is 0 Å². The first-order valence-electron chi connectivity index (χ1n) is 8.65. The largest absolute Gasteiger partial charge is 0.455 e. The molecule has 0 aliphatic heterocycles. The highest BCUT2D eigenvalue weighted by molar-refractivity contribution is 6.32. The minimum absolute atomic E-state index is 0.121. The smallest absolute Gasteiger partial charge is 0.343 e. The van der Waals surface area contributed by atoms with E-state index in [0.717, 1.165) is 5.56 Å². The molecule has 0 radical (unpaired) electrons. The van der Waals surface area contributed by atoms with Crippen molar-refractivity contribution in [2.45, 2.75) is 40.8 Å². The molecule has 27 heavy (non-hydrogen) atoms. The van der Waals surface area contributed by atoms with Gasteiger partial charge in [0.15, 0.2) is 0 Å². The highest BCUT2D eigenvalue weighted by Gasteiger charge is 2.22. The number of rotatable bonds is 5. The molecule has 3 heterocycles. The number of pyridine rings is 1. The summed E-state index contributed by atoms with van der Waals surface area (Å²) in [7, 11) is 0. The van der Waals surface area contributed by atoms with E-state index in [2.05, 4.69) is 10.1 Å². The van der Waals surface area contributed by atoms with Crippen LogP contribution in [0.2, 0.25) is 5.15 Å². The third kappa shape index (κ3) is 4.03. The summed E-state index contributed by atoms with van der Waals surface area (Å²) in [5.74, 6) is -0.248. The Morgan fingerprint density at radius 3 is 2.74 bits per heavy atom. The van der Waals surface area contributed by atoms with Crippen molar-refractivity contribution >= 4 is 23.2 Å². The maximum Gasteiger partial charge on any atom is 0.343 e. The summed E-state index contributed by atoms with van der Waals surface area (Å²) in [6.07, 6.45) is 1.71. The Balaban J connectivity index is 1.80. The summed E-state index contributed by atoms with van der Waals surface area (Å²) in [6.45, 7) is 8.17. The highest BCUT2D eigenvalue weighted by Crippen LogP contribution is 2.22. The van der Waals surface area contributed by atoms with Crippen molar-refractivity contribution in [1.29, 1.82) is 0 Å². The van der Waals surface area contributed by atoms with E-state index in [0.29, 0.717) is 29.5 Å². The molecule has 0 saturated heterocycles. The van der Waals surface area contributed by atoms with Gasteiger partial charge in [0.2, 0.25) is 0 Å². The molecule has 3 aromatic rings. The molecule has 0 aliphatic carbocycles. The van der Waals surface area contributed by atoms with Crippen molar-refractivity contribution in [2.75, 3.05) is 0 Å². The summed E-state index contributed by atoms with van der Waals surface area (Å²) in [5.41, 5.74) is 2.35. The molecule has 0 atom stereocenters. The van der Waals surface area contributed by atoms with E-state index in [9.17, 15) is 9.59 Å². The number of halogens is 1. The van der Waals surface area contributed by atoms with Gasteiger partial charge in [0.25, 0.3) is 5.56 Å². The molecule has 0 bridgehead atoms. The molecule has 3 rings (SSSR count). The maximum absolute atomic E-state index is 12.5. The molecule has 3 aromatic heterocycles. The monoisotopic (exact) mass is 388 g/mol. The fourth-order valence-electron chi connectivity index (χ4n) is 2.80. The third-order valence-electron chi connectivity index (χ3n) is 4.02. The van der Waals surface area contributed by atoms with E-state index in [1.165, 1.54) is 10.5 Å². The SMILES string of the molecule is Cc1ccc2nc(COC(=O)c3c(C)nn(CC(C)C)c3Cl)cc(=O)n2c1. The van der Waals surface area contributed by atoms with Crippen molar-refractivity contribution in [2.24, 2.45) is 5.92 Å². The van der Waals surface area contributed by atoms with E-state index < -0.39 is 5.97 Å². The van der Waals surface area contributed by atoms with Gasteiger partial charge >= 0.3 is 5.97 Å². The second kappa shape index (κ2) is 7.52. The number of ether oxygens (including phenoxy) is 1. The Bertz CT molecular complexity index is 1070. The van der Waals surface area contributed by atoms with Gasteiger partial charge in [-0.3, -0.25) is 13.9 Å². The number of carbonyl (C=O) groups is 1. The topological polar surface area (TPSA) is 78.5 Å². The van der Waals surface area contributed by atoms with Gasteiger partial charge in [-0.15, -0.1) is 0 Å². The van der Waals surface area contributed by atoms with E-state index in [1.54, 1.807) is 23.9 Å². The van der Waals surface area contributed by atoms with Gasteiger partial charge in [-0.1, -0.05) is 31.5 Å². The Hall–Kier alpha value is -2.67. The van der Waals surface area contributed by atoms with Crippen LogP contribution in [0.1, 0.15) is 41.2 Å². The van der Waals surface area contributed by atoms with Crippen LogP contribution < -0.4 is 5.56 Å². The summed E-state index contributed by atoms with van der Waals surface area (Å²) < 4.78 is 8.39. The Labute approximate surface area is 161 Å². The number of hydrogen-bond acceptors (Lipinski definition) is 5. The highest BCUT2D eigenvalue weighted by atomic mass is 35.5. The standard InChI is InChI=1S/C19H21ClN4O3/c1-11(2)8-24-18(20)17(13(4)22-24)19(26)27-10-14-7-16(25)23-9-12(3)5-6-15(23)21-14/h5-7,9,11H,8,10H2,1-4H3.